The normalized spacial score (nSPS) is 15.9. The summed E-state index contributed by atoms with van der Waals surface area (Å²) in [7, 11) is 0. The summed E-state index contributed by atoms with van der Waals surface area (Å²) in [6.07, 6.45) is -4.46. The monoisotopic (exact) mass is 325 g/mol. The van der Waals surface area contributed by atoms with E-state index in [0.29, 0.717) is 26.3 Å². The lowest BCUT2D eigenvalue weighted by atomic mass is 10.2. The first-order valence-electron chi connectivity index (χ1n) is 6.74. The Kier molecular flexibility index (Phi) is 5.18. The number of nitriles is 1. The Balaban J connectivity index is 2.10. The van der Waals surface area contributed by atoms with Gasteiger partial charge in [0.25, 0.3) is 0 Å². The van der Waals surface area contributed by atoms with Crippen LogP contribution in [0.4, 0.5) is 18.9 Å². The van der Waals surface area contributed by atoms with E-state index in [1.807, 2.05) is 0 Å². The summed E-state index contributed by atoms with van der Waals surface area (Å²) >= 11 is 0. The Morgan fingerprint density at radius 2 is 2.04 bits per heavy atom. The molecule has 1 aliphatic heterocycles. The highest BCUT2D eigenvalue weighted by molar-refractivity contribution is 6.46. The molecule has 0 bridgehead atoms. The number of morpholine rings is 1. The molecule has 1 aliphatic rings. The van der Waals surface area contributed by atoms with Crippen LogP contribution >= 0.6 is 0 Å². The molecule has 0 unspecified atom stereocenters. The van der Waals surface area contributed by atoms with Crippen molar-refractivity contribution in [2.24, 2.45) is 5.10 Å². The number of halogens is 3. The van der Waals surface area contributed by atoms with Crippen molar-refractivity contribution in [3.63, 3.8) is 0 Å². The van der Waals surface area contributed by atoms with Gasteiger partial charge in [-0.15, -0.1) is 0 Å². The first-order valence-corrected chi connectivity index (χ1v) is 6.74. The molecule has 122 valence electrons. The molecule has 1 saturated heterocycles. The van der Waals surface area contributed by atoms with Crippen LogP contribution in [0.2, 0.25) is 0 Å². The third-order valence-corrected chi connectivity index (χ3v) is 3.14. The molecule has 2 rings (SSSR count). The highest BCUT2D eigenvalue weighted by atomic mass is 19.4. The van der Waals surface area contributed by atoms with E-state index in [0.717, 1.165) is 12.1 Å². The van der Waals surface area contributed by atoms with Gasteiger partial charge in [-0.3, -0.25) is 10.8 Å². The lowest BCUT2D eigenvalue weighted by Gasteiger charge is -2.28. The SMILES string of the molecule is N#C/C(=N\Nc1cccc(C(F)(F)F)c1)C(=N)N1CCOCC1. The lowest BCUT2D eigenvalue weighted by Crippen LogP contribution is -2.43. The molecule has 0 spiro atoms. The van der Waals surface area contributed by atoms with Gasteiger partial charge in [0.2, 0.25) is 5.71 Å². The highest BCUT2D eigenvalue weighted by Gasteiger charge is 2.30. The summed E-state index contributed by atoms with van der Waals surface area (Å²) in [6.45, 7) is 1.82. The van der Waals surface area contributed by atoms with Crippen molar-refractivity contribution in [1.29, 1.82) is 10.7 Å². The number of amidine groups is 1. The number of ether oxygens (including phenoxy) is 1. The second-order valence-corrected chi connectivity index (χ2v) is 4.71. The first-order chi connectivity index (χ1) is 10.9. The minimum absolute atomic E-state index is 0.0855. The van der Waals surface area contributed by atoms with Gasteiger partial charge in [-0.2, -0.15) is 23.5 Å². The molecule has 1 aromatic rings. The third-order valence-electron chi connectivity index (χ3n) is 3.14. The molecule has 0 radical (unpaired) electrons. The van der Waals surface area contributed by atoms with Crippen LogP contribution in [-0.2, 0) is 10.9 Å². The smallest absolute Gasteiger partial charge is 0.378 e. The van der Waals surface area contributed by atoms with Crippen LogP contribution in [0.5, 0.6) is 0 Å². The number of anilines is 1. The van der Waals surface area contributed by atoms with Gasteiger partial charge in [-0.05, 0) is 18.2 Å². The van der Waals surface area contributed by atoms with Gasteiger partial charge in [0.15, 0.2) is 5.84 Å². The maximum atomic E-state index is 12.6. The van der Waals surface area contributed by atoms with E-state index in [1.54, 1.807) is 11.0 Å². The van der Waals surface area contributed by atoms with Crippen LogP contribution in [-0.4, -0.2) is 42.8 Å². The number of alkyl halides is 3. The second kappa shape index (κ2) is 7.11. The predicted octanol–water partition coefficient (Wildman–Crippen LogP) is 2.31. The number of benzene rings is 1. The number of nitrogens with one attached hydrogen (secondary N) is 2. The van der Waals surface area contributed by atoms with E-state index in [4.69, 9.17) is 15.4 Å². The molecule has 9 heteroatoms. The summed E-state index contributed by atoms with van der Waals surface area (Å²) in [4.78, 5) is 1.62. The molecular weight excluding hydrogens is 311 g/mol. The Bertz CT molecular complexity index is 645. The molecule has 0 aromatic heterocycles. The zero-order chi connectivity index (χ0) is 16.9. The van der Waals surface area contributed by atoms with Crippen molar-refractivity contribution in [3.8, 4) is 6.07 Å². The average molecular weight is 325 g/mol. The Hall–Kier alpha value is -2.60. The summed E-state index contributed by atoms with van der Waals surface area (Å²) in [6, 6.07) is 6.23. The van der Waals surface area contributed by atoms with Gasteiger partial charge in [0.05, 0.1) is 24.5 Å². The van der Waals surface area contributed by atoms with Crippen LogP contribution < -0.4 is 5.43 Å². The summed E-state index contributed by atoms with van der Waals surface area (Å²) in [5, 5.41) is 20.8. The first kappa shape index (κ1) is 16.8. The maximum absolute atomic E-state index is 12.6. The van der Waals surface area contributed by atoms with E-state index in [9.17, 15) is 13.2 Å². The molecule has 2 N–H and O–H groups in total. The third kappa shape index (κ3) is 4.43. The van der Waals surface area contributed by atoms with E-state index >= 15 is 0 Å². The van der Waals surface area contributed by atoms with Gasteiger partial charge in [0.1, 0.15) is 6.07 Å². The molecule has 1 fully saturated rings. The van der Waals surface area contributed by atoms with Crippen molar-refractivity contribution in [1.82, 2.24) is 4.90 Å². The molecule has 23 heavy (non-hydrogen) atoms. The second-order valence-electron chi connectivity index (χ2n) is 4.71. The zero-order valence-electron chi connectivity index (χ0n) is 12.0. The number of hydrogen-bond donors (Lipinski definition) is 2. The van der Waals surface area contributed by atoms with Crippen LogP contribution in [0.3, 0.4) is 0 Å². The quantitative estimate of drug-likeness (QED) is 0.507. The molecule has 0 atom stereocenters. The maximum Gasteiger partial charge on any atom is 0.416 e. The highest BCUT2D eigenvalue weighted by Crippen LogP contribution is 2.30. The fourth-order valence-electron chi connectivity index (χ4n) is 1.95. The van der Waals surface area contributed by atoms with E-state index < -0.39 is 11.7 Å². The lowest BCUT2D eigenvalue weighted by molar-refractivity contribution is -0.137. The Labute approximate surface area is 130 Å². The summed E-state index contributed by atoms with van der Waals surface area (Å²) < 4.78 is 43.1. The zero-order valence-corrected chi connectivity index (χ0v) is 12.0. The van der Waals surface area contributed by atoms with Crippen molar-refractivity contribution >= 4 is 17.2 Å². The molecule has 1 heterocycles. The van der Waals surface area contributed by atoms with E-state index in [1.165, 1.54) is 12.1 Å². The number of rotatable bonds is 3. The molecule has 6 nitrogen and oxygen atoms in total. The molecule has 1 aromatic carbocycles. The van der Waals surface area contributed by atoms with Crippen molar-refractivity contribution in [2.75, 3.05) is 31.7 Å². The topological polar surface area (TPSA) is 84.5 Å². The van der Waals surface area contributed by atoms with Crippen molar-refractivity contribution < 1.29 is 17.9 Å². The standard InChI is InChI=1S/C14H14F3N5O/c15-14(16,17)10-2-1-3-11(8-10)20-21-12(9-18)13(19)22-4-6-23-7-5-22/h1-3,8,19-20H,4-7H2/b19-13?,21-12+. The summed E-state index contributed by atoms with van der Waals surface area (Å²) in [5.41, 5.74) is 1.46. The van der Waals surface area contributed by atoms with Crippen LogP contribution in [0.1, 0.15) is 5.56 Å². The van der Waals surface area contributed by atoms with Gasteiger partial charge in [-0.1, -0.05) is 6.07 Å². The van der Waals surface area contributed by atoms with Crippen LogP contribution in [0, 0.1) is 16.7 Å². The largest absolute Gasteiger partial charge is 0.416 e. The molecular formula is C14H14F3N5O. The van der Waals surface area contributed by atoms with Gasteiger partial charge >= 0.3 is 6.18 Å². The average Bonchev–Trinajstić information content (AvgIpc) is 2.55. The van der Waals surface area contributed by atoms with E-state index in [2.05, 4.69) is 10.5 Å². The fourth-order valence-corrected chi connectivity index (χ4v) is 1.95. The Morgan fingerprint density at radius 1 is 1.35 bits per heavy atom. The van der Waals surface area contributed by atoms with Crippen molar-refractivity contribution in [2.45, 2.75) is 6.18 Å². The number of nitrogens with zero attached hydrogens (tertiary/aromatic N) is 3. The van der Waals surface area contributed by atoms with Crippen LogP contribution in [0.25, 0.3) is 0 Å². The minimum Gasteiger partial charge on any atom is -0.378 e. The van der Waals surface area contributed by atoms with Gasteiger partial charge in [-0.25, -0.2) is 0 Å². The minimum atomic E-state index is -4.46. The molecule has 0 amide bonds. The molecule has 0 saturated carbocycles. The number of hydrogen-bond acceptors (Lipinski definition) is 5. The Morgan fingerprint density at radius 3 is 2.65 bits per heavy atom. The summed E-state index contributed by atoms with van der Waals surface area (Å²) in [5.74, 6) is -0.0877. The fraction of sp³-hybridized carbons (Fsp3) is 0.357. The van der Waals surface area contributed by atoms with Gasteiger partial charge in [0, 0.05) is 13.1 Å². The van der Waals surface area contributed by atoms with Gasteiger partial charge < -0.3 is 9.64 Å². The van der Waals surface area contributed by atoms with Crippen LogP contribution in [0.15, 0.2) is 29.4 Å². The number of hydrazone groups is 1. The molecule has 0 aliphatic carbocycles. The van der Waals surface area contributed by atoms with E-state index in [-0.39, 0.29) is 17.2 Å². The van der Waals surface area contributed by atoms with Crippen molar-refractivity contribution in [3.05, 3.63) is 29.8 Å². The predicted molar refractivity (Wildman–Crippen MR) is 78.2 cm³/mol.